The zero-order valence-corrected chi connectivity index (χ0v) is 12.6. The van der Waals surface area contributed by atoms with Crippen LogP contribution < -0.4 is 4.74 Å². The van der Waals surface area contributed by atoms with Crippen molar-refractivity contribution in [1.29, 1.82) is 0 Å². The lowest BCUT2D eigenvalue weighted by atomic mass is 10.00. The van der Waals surface area contributed by atoms with E-state index in [1.165, 1.54) is 41.5 Å². The second-order valence-corrected chi connectivity index (χ2v) is 5.90. The first-order chi connectivity index (χ1) is 9.29. The fraction of sp³-hybridized carbons (Fsp3) is 0.294. The smallest absolute Gasteiger partial charge is 0.123 e. The Balaban J connectivity index is 1.97. The summed E-state index contributed by atoms with van der Waals surface area (Å²) >= 11 is 3.81. The highest BCUT2D eigenvalue weighted by Gasteiger charge is 2.17. The Morgan fingerprint density at radius 2 is 1.84 bits per heavy atom. The molecule has 1 aliphatic carbocycles. The van der Waals surface area contributed by atoms with Crippen LogP contribution in [0.25, 0.3) is 0 Å². The molecule has 0 bridgehead atoms. The minimum Gasteiger partial charge on any atom is -0.496 e. The van der Waals surface area contributed by atoms with Crippen LogP contribution in [0.1, 0.15) is 33.5 Å². The van der Waals surface area contributed by atoms with Crippen LogP contribution >= 0.6 is 15.9 Å². The second kappa shape index (κ2) is 5.38. The van der Waals surface area contributed by atoms with Gasteiger partial charge in [0.05, 0.1) is 11.9 Å². The van der Waals surface area contributed by atoms with Gasteiger partial charge in [0.2, 0.25) is 0 Å². The average molecular weight is 317 g/mol. The van der Waals surface area contributed by atoms with E-state index >= 15 is 0 Å². The van der Waals surface area contributed by atoms with E-state index in [9.17, 15) is 0 Å². The number of hydrogen-bond donors (Lipinski definition) is 0. The minimum absolute atomic E-state index is 0.189. The number of methoxy groups -OCH3 is 1. The molecule has 2 aromatic rings. The minimum atomic E-state index is 0.189. The fourth-order valence-corrected chi connectivity index (χ4v) is 3.47. The topological polar surface area (TPSA) is 9.23 Å². The third kappa shape index (κ3) is 2.42. The highest BCUT2D eigenvalue weighted by atomic mass is 79.9. The number of ether oxygens (including phenoxy) is 1. The summed E-state index contributed by atoms with van der Waals surface area (Å²) in [5.41, 5.74) is 5.52. The number of alkyl halides is 1. The van der Waals surface area contributed by atoms with Crippen LogP contribution in [0.4, 0.5) is 0 Å². The summed E-state index contributed by atoms with van der Waals surface area (Å²) in [6.45, 7) is 0. The summed E-state index contributed by atoms with van der Waals surface area (Å²) in [6, 6.07) is 15.0. The standard InChI is InChI=1S/C17H17BrO/c1-19-16-8-3-2-7-15(16)17(18)14-10-9-12-5-4-6-13(12)11-14/h2-3,7-11,17H,4-6H2,1H3. The molecule has 0 radical (unpaired) electrons. The maximum atomic E-state index is 5.45. The van der Waals surface area contributed by atoms with E-state index in [2.05, 4.69) is 46.3 Å². The monoisotopic (exact) mass is 316 g/mol. The van der Waals surface area contributed by atoms with Gasteiger partial charge in [0.25, 0.3) is 0 Å². The van der Waals surface area contributed by atoms with Crippen LogP contribution in [-0.4, -0.2) is 7.11 Å². The van der Waals surface area contributed by atoms with Crippen molar-refractivity contribution in [2.75, 3.05) is 7.11 Å². The molecule has 0 spiro atoms. The summed E-state index contributed by atoms with van der Waals surface area (Å²) in [5.74, 6) is 0.935. The van der Waals surface area contributed by atoms with Crippen LogP contribution in [0.2, 0.25) is 0 Å². The normalized spacial score (nSPS) is 15.1. The van der Waals surface area contributed by atoms with Crippen molar-refractivity contribution in [3.63, 3.8) is 0 Å². The van der Waals surface area contributed by atoms with Gasteiger partial charge in [-0.15, -0.1) is 0 Å². The molecule has 0 aromatic heterocycles. The molecule has 2 aromatic carbocycles. The van der Waals surface area contributed by atoms with Crippen LogP contribution in [0, 0.1) is 0 Å². The summed E-state index contributed by atoms with van der Waals surface area (Å²) in [4.78, 5) is 0.189. The fourth-order valence-electron chi connectivity index (χ4n) is 2.80. The second-order valence-electron chi connectivity index (χ2n) is 4.99. The molecular weight excluding hydrogens is 300 g/mol. The number of aryl methyl sites for hydroxylation is 2. The molecule has 0 heterocycles. The van der Waals surface area contributed by atoms with Crippen molar-refractivity contribution in [2.45, 2.75) is 24.1 Å². The van der Waals surface area contributed by atoms with Gasteiger partial charge in [-0.25, -0.2) is 0 Å². The van der Waals surface area contributed by atoms with Crippen molar-refractivity contribution in [3.05, 3.63) is 64.7 Å². The van der Waals surface area contributed by atoms with Gasteiger partial charge in [0.15, 0.2) is 0 Å². The summed E-state index contributed by atoms with van der Waals surface area (Å²) in [5, 5.41) is 0. The van der Waals surface area contributed by atoms with Gasteiger partial charge >= 0.3 is 0 Å². The van der Waals surface area contributed by atoms with Crippen LogP contribution in [0.15, 0.2) is 42.5 Å². The highest BCUT2D eigenvalue weighted by Crippen LogP contribution is 2.37. The summed E-state index contributed by atoms with van der Waals surface area (Å²) in [6.07, 6.45) is 3.74. The predicted molar refractivity (Wildman–Crippen MR) is 82.2 cm³/mol. The summed E-state index contributed by atoms with van der Waals surface area (Å²) in [7, 11) is 1.72. The van der Waals surface area contributed by atoms with E-state index in [4.69, 9.17) is 4.74 Å². The lowest BCUT2D eigenvalue weighted by molar-refractivity contribution is 0.410. The molecule has 19 heavy (non-hydrogen) atoms. The first kappa shape index (κ1) is 12.7. The van der Waals surface area contributed by atoms with Gasteiger partial charge in [-0.3, -0.25) is 0 Å². The number of fused-ring (bicyclic) bond motifs is 1. The van der Waals surface area contributed by atoms with E-state index in [0.717, 1.165) is 5.75 Å². The maximum absolute atomic E-state index is 5.45. The lowest BCUT2D eigenvalue weighted by Crippen LogP contribution is -1.98. The molecular formula is C17H17BrO. The number of halogens is 1. The Bertz CT molecular complexity index is 592. The Morgan fingerprint density at radius 3 is 2.68 bits per heavy atom. The van der Waals surface area contributed by atoms with Crippen molar-refractivity contribution in [3.8, 4) is 5.75 Å². The molecule has 0 saturated heterocycles. The molecule has 3 rings (SSSR count). The quantitative estimate of drug-likeness (QED) is 0.748. The molecule has 1 atom stereocenters. The maximum Gasteiger partial charge on any atom is 0.123 e. The number of para-hydroxylation sites is 1. The van der Waals surface area contributed by atoms with Gasteiger partial charge in [-0.2, -0.15) is 0 Å². The number of hydrogen-bond acceptors (Lipinski definition) is 1. The Labute approximate surface area is 122 Å². The Kier molecular flexibility index (Phi) is 3.61. The zero-order chi connectivity index (χ0) is 13.2. The first-order valence-corrected chi connectivity index (χ1v) is 7.60. The van der Waals surface area contributed by atoms with E-state index in [-0.39, 0.29) is 4.83 Å². The van der Waals surface area contributed by atoms with Crippen molar-refractivity contribution < 1.29 is 4.74 Å². The third-order valence-electron chi connectivity index (χ3n) is 3.83. The molecule has 1 nitrogen and oxygen atoms in total. The van der Waals surface area contributed by atoms with E-state index < -0.39 is 0 Å². The Hall–Kier alpha value is -1.28. The van der Waals surface area contributed by atoms with Gasteiger partial charge in [0.1, 0.15) is 5.75 Å². The molecule has 2 heteroatoms. The van der Waals surface area contributed by atoms with E-state index in [1.807, 2.05) is 12.1 Å². The highest BCUT2D eigenvalue weighted by molar-refractivity contribution is 9.09. The average Bonchev–Trinajstić information content (AvgIpc) is 2.93. The number of benzene rings is 2. The molecule has 0 N–H and O–H groups in total. The molecule has 0 amide bonds. The molecule has 98 valence electrons. The van der Waals surface area contributed by atoms with Crippen LogP contribution in [-0.2, 0) is 12.8 Å². The van der Waals surface area contributed by atoms with Crippen molar-refractivity contribution >= 4 is 15.9 Å². The molecule has 0 aliphatic heterocycles. The van der Waals surface area contributed by atoms with Crippen molar-refractivity contribution in [1.82, 2.24) is 0 Å². The largest absolute Gasteiger partial charge is 0.496 e. The molecule has 0 saturated carbocycles. The van der Waals surface area contributed by atoms with Crippen LogP contribution in [0.5, 0.6) is 5.75 Å². The molecule has 1 unspecified atom stereocenters. The van der Waals surface area contributed by atoms with E-state index in [0.29, 0.717) is 0 Å². The zero-order valence-electron chi connectivity index (χ0n) is 11.0. The van der Waals surface area contributed by atoms with E-state index in [1.54, 1.807) is 7.11 Å². The van der Waals surface area contributed by atoms with Gasteiger partial charge in [-0.05, 0) is 42.0 Å². The first-order valence-electron chi connectivity index (χ1n) is 6.68. The van der Waals surface area contributed by atoms with Crippen LogP contribution in [0.3, 0.4) is 0 Å². The predicted octanol–water partition coefficient (Wildman–Crippen LogP) is 4.67. The third-order valence-corrected chi connectivity index (χ3v) is 4.85. The molecule has 0 fully saturated rings. The van der Waals surface area contributed by atoms with Gasteiger partial charge < -0.3 is 4.74 Å². The SMILES string of the molecule is COc1ccccc1C(Br)c1ccc2c(c1)CCC2. The van der Waals surface area contributed by atoms with Gasteiger partial charge in [0, 0.05) is 5.56 Å². The van der Waals surface area contributed by atoms with Crippen molar-refractivity contribution in [2.24, 2.45) is 0 Å². The summed E-state index contributed by atoms with van der Waals surface area (Å²) < 4.78 is 5.45. The van der Waals surface area contributed by atoms with Gasteiger partial charge in [-0.1, -0.05) is 52.3 Å². The molecule has 1 aliphatic rings. The lowest BCUT2D eigenvalue weighted by Gasteiger charge is -2.15. The Morgan fingerprint density at radius 1 is 1.05 bits per heavy atom. The number of rotatable bonds is 3.